The number of carboxylic acid groups (broad SMARTS) is 1. The Kier molecular flexibility index (Phi) is 2.47. The van der Waals surface area contributed by atoms with Crippen molar-refractivity contribution in [3.05, 3.63) is 48.3 Å². The number of imidazole rings is 2. The predicted molar refractivity (Wildman–Crippen MR) is 75.4 cm³/mol. The number of rotatable bonds is 2. The van der Waals surface area contributed by atoms with Gasteiger partial charge < -0.3 is 14.6 Å². The number of hydrogen-bond acceptors (Lipinski definition) is 4. The van der Waals surface area contributed by atoms with E-state index in [4.69, 9.17) is 0 Å². The quantitative estimate of drug-likeness (QED) is 0.766. The van der Waals surface area contributed by atoms with Gasteiger partial charge in [-0.2, -0.15) is 0 Å². The molecule has 1 aliphatic heterocycles. The monoisotopic (exact) mass is 283 g/mol. The van der Waals surface area contributed by atoms with Gasteiger partial charge in [0.25, 0.3) is 0 Å². The molecule has 0 unspecified atom stereocenters. The number of aromatic carboxylic acids is 1. The summed E-state index contributed by atoms with van der Waals surface area (Å²) in [5.41, 5.74) is 0.837. The standard InChI is InChI=1S/C14H13N5O2/c20-14(21)12-13(16-10-3-1-2-5-19(10)12)18-8-7-17-6-4-15-11(17)9-18/h1-6H,7-9H2,(H,20,21). The van der Waals surface area contributed by atoms with Gasteiger partial charge in [0, 0.05) is 31.7 Å². The molecule has 0 amide bonds. The third-order valence-electron chi connectivity index (χ3n) is 3.76. The van der Waals surface area contributed by atoms with Crippen LogP contribution in [-0.4, -0.2) is 36.6 Å². The molecule has 1 aliphatic rings. The van der Waals surface area contributed by atoms with Crippen LogP contribution in [0, 0.1) is 0 Å². The third kappa shape index (κ3) is 1.78. The topological polar surface area (TPSA) is 75.7 Å². The van der Waals surface area contributed by atoms with E-state index >= 15 is 0 Å². The molecule has 0 fully saturated rings. The molecule has 0 saturated carbocycles. The number of pyridine rings is 1. The van der Waals surface area contributed by atoms with Gasteiger partial charge in [-0.1, -0.05) is 6.07 Å². The molecule has 4 rings (SSSR count). The molecule has 7 heteroatoms. The molecule has 21 heavy (non-hydrogen) atoms. The highest BCUT2D eigenvalue weighted by Gasteiger charge is 2.26. The molecule has 7 nitrogen and oxygen atoms in total. The van der Waals surface area contributed by atoms with Gasteiger partial charge in [0.2, 0.25) is 0 Å². The zero-order valence-corrected chi connectivity index (χ0v) is 11.2. The summed E-state index contributed by atoms with van der Waals surface area (Å²) in [5.74, 6) is 0.454. The van der Waals surface area contributed by atoms with Gasteiger partial charge in [0.15, 0.2) is 11.5 Å². The van der Waals surface area contributed by atoms with Crippen LogP contribution in [0.3, 0.4) is 0 Å². The molecule has 0 spiro atoms. The van der Waals surface area contributed by atoms with Crippen LogP contribution in [0.5, 0.6) is 0 Å². The predicted octanol–water partition coefficient (Wildman–Crippen LogP) is 1.25. The van der Waals surface area contributed by atoms with E-state index in [2.05, 4.69) is 14.5 Å². The van der Waals surface area contributed by atoms with Crippen molar-refractivity contribution >= 4 is 17.4 Å². The Morgan fingerprint density at radius 3 is 3.00 bits per heavy atom. The summed E-state index contributed by atoms with van der Waals surface area (Å²) < 4.78 is 3.69. The van der Waals surface area contributed by atoms with Crippen LogP contribution in [0.2, 0.25) is 0 Å². The fourth-order valence-electron chi connectivity index (χ4n) is 2.76. The van der Waals surface area contributed by atoms with Gasteiger partial charge in [-0.15, -0.1) is 0 Å². The molecule has 3 aromatic rings. The van der Waals surface area contributed by atoms with Gasteiger partial charge in [0.05, 0.1) is 6.54 Å². The summed E-state index contributed by atoms with van der Waals surface area (Å²) >= 11 is 0. The summed E-state index contributed by atoms with van der Waals surface area (Å²) in [6, 6.07) is 5.45. The molecule has 0 saturated heterocycles. The lowest BCUT2D eigenvalue weighted by atomic mass is 10.3. The molecular formula is C14H13N5O2. The summed E-state index contributed by atoms with van der Waals surface area (Å²) in [6.07, 6.45) is 5.43. The van der Waals surface area contributed by atoms with Crippen LogP contribution >= 0.6 is 0 Å². The Hall–Kier alpha value is -2.83. The number of hydrogen-bond donors (Lipinski definition) is 1. The van der Waals surface area contributed by atoms with Gasteiger partial charge in [-0.05, 0) is 12.1 Å². The van der Waals surface area contributed by atoms with E-state index in [1.165, 1.54) is 0 Å². The Bertz CT molecular complexity index is 835. The fourth-order valence-corrected chi connectivity index (χ4v) is 2.76. The fraction of sp³-hybridized carbons (Fsp3) is 0.214. The first-order valence-corrected chi connectivity index (χ1v) is 6.69. The highest BCUT2D eigenvalue weighted by molar-refractivity contribution is 5.93. The Balaban J connectivity index is 1.84. The Morgan fingerprint density at radius 2 is 2.14 bits per heavy atom. The summed E-state index contributed by atoms with van der Waals surface area (Å²) in [6.45, 7) is 2.06. The Labute approximate surface area is 120 Å². The van der Waals surface area contributed by atoms with Crippen molar-refractivity contribution in [1.29, 1.82) is 0 Å². The van der Waals surface area contributed by atoms with Crippen molar-refractivity contribution in [2.75, 3.05) is 11.4 Å². The van der Waals surface area contributed by atoms with E-state index in [9.17, 15) is 9.90 Å². The van der Waals surface area contributed by atoms with E-state index < -0.39 is 5.97 Å². The number of carboxylic acids is 1. The zero-order valence-electron chi connectivity index (χ0n) is 11.2. The first kappa shape index (κ1) is 12.0. The number of aromatic nitrogens is 4. The van der Waals surface area contributed by atoms with E-state index in [0.29, 0.717) is 24.6 Å². The van der Waals surface area contributed by atoms with Crippen molar-refractivity contribution in [3.63, 3.8) is 0 Å². The van der Waals surface area contributed by atoms with Gasteiger partial charge in [-0.3, -0.25) is 4.40 Å². The second-order valence-electron chi connectivity index (χ2n) is 4.98. The minimum absolute atomic E-state index is 0.200. The molecule has 1 N–H and O–H groups in total. The van der Waals surface area contributed by atoms with Crippen molar-refractivity contribution in [2.45, 2.75) is 13.1 Å². The minimum Gasteiger partial charge on any atom is -0.476 e. The van der Waals surface area contributed by atoms with Gasteiger partial charge >= 0.3 is 5.97 Å². The molecule has 0 atom stereocenters. The lowest BCUT2D eigenvalue weighted by Gasteiger charge is -2.28. The van der Waals surface area contributed by atoms with Crippen LogP contribution in [0.4, 0.5) is 5.82 Å². The van der Waals surface area contributed by atoms with Gasteiger partial charge in [-0.25, -0.2) is 14.8 Å². The highest BCUT2D eigenvalue weighted by Crippen LogP contribution is 2.25. The molecule has 0 aromatic carbocycles. The first-order valence-electron chi connectivity index (χ1n) is 6.69. The largest absolute Gasteiger partial charge is 0.476 e. The smallest absolute Gasteiger partial charge is 0.356 e. The van der Waals surface area contributed by atoms with Crippen LogP contribution < -0.4 is 4.90 Å². The maximum Gasteiger partial charge on any atom is 0.356 e. The van der Waals surface area contributed by atoms with Crippen LogP contribution in [-0.2, 0) is 13.1 Å². The molecule has 0 aliphatic carbocycles. The second-order valence-corrected chi connectivity index (χ2v) is 4.98. The van der Waals surface area contributed by atoms with Crippen LogP contribution in [0.15, 0.2) is 36.8 Å². The van der Waals surface area contributed by atoms with E-state index in [0.717, 1.165) is 12.4 Å². The SMILES string of the molecule is O=C(O)c1c(N2CCn3ccnc3C2)nc2ccccn12. The number of carbonyl (C=O) groups is 1. The maximum absolute atomic E-state index is 11.6. The molecule has 0 radical (unpaired) electrons. The van der Waals surface area contributed by atoms with E-state index in [1.54, 1.807) is 28.9 Å². The lowest BCUT2D eigenvalue weighted by Crippen LogP contribution is -2.34. The maximum atomic E-state index is 11.6. The summed E-state index contributed by atoms with van der Waals surface area (Å²) in [7, 11) is 0. The van der Waals surface area contributed by atoms with Crippen molar-refractivity contribution in [1.82, 2.24) is 18.9 Å². The average molecular weight is 283 g/mol. The second kappa shape index (κ2) is 4.34. The molecule has 0 bridgehead atoms. The molecular weight excluding hydrogens is 270 g/mol. The van der Waals surface area contributed by atoms with Crippen LogP contribution in [0.1, 0.15) is 16.3 Å². The summed E-state index contributed by atoms with van der Waals surface area (Å²) in [4.78, 5) is 22.4. The van der Waals surface area contributed by atoms with Crippen LogP contribution in [0.25, 0.3) is 5.65 Å². The third-order valence-corrected chi connectivity index (χ3v) is 3.76. The molecule has 106 valence electrons. The van der Waals surface area contributed by atoms with E-state index in [1.807, 2.05) is 17.2 Å². The number of nitrogens with zero attached hydrogens (tertiary/aromatic N) is 5. The Morgan fingerprint density at radius 1 is 1.24 bits per heavy atom. The first-order chi connectivity index (χ1) is 10.2. The highest BCUT2D eigenvalue weighted by atomic mass is 16.4. The lowest BCUT2D eigenvalue weighted by molar-refractivity contribution is 0.0690. The minimum atomic E-state index is -0.974. The van der Waals surface area contributed by atoms with Crippen molar-refractivity contribution in [3.8, 4) is 0 Å². The zero-order chi connectivity index (χ0) is 14.4. The normalized spacial score (nSPS) is 14.4. The van der Waals surface area contributed by atoms with E-state index in [-0.39, 0.29) is 5.69 Å². The molecule has 3 aromatic heterocycles. The summed E-state index contributed by atoms with van der Waals surface area (Å²) in [5, 5.41) is 9.53. The number of fused-ring (bicyclic) bond motifs is 2. The molecule has 4 heterocycles. The number of anilines is 1. The van der Waals surface area contributed by atoms with Gasteiger partial charge in [0.1, 0.15) is 11.5 Å². The average Bonchev–Trinajstić information content (AvgIpc) is 3.10. The van der Waals surface area contributed by atoms with Crippen molar-refractivity contribution < 1.29 is 9.90 Å². The van der Waals surface area contributed by atoms with Crippen molar-refractivity contribution in [2.24, 2.45) is 0 Å².